The Balaban J connectivity index is 2.09. The van der Waals surface area contributed by atoms with Gasteiger partial charge in [-0.1, -0.05) is 12.1 Å². The van der Waals surface area contributed by atoms with E-state index in [0.717, 1.165) is 16.9 Å². The number of thiazole rings is 1. The number of aryl methyl sites for hydroxylation is 1. The van der Waals surface area contributed by atoms with E-state index >= 15 is 0 Å². The lowest BCUT2D eigenvalue weighted by Crippen LogP contribution is -2.04. The zero-order valence-corrected chi connectivity index (χ0v) is 10.4. The predicted octanol–water partition coefficient (Wildman–Crippen LogP) is 2.90. The zero-order valence-electron chi connectivity index (χ0n) is 9.61. The van der Waals surface area contributed by atoms with Gasteiger partial charge in [0, 0.05) is 5.38 Å². The summed E-state index contributed by atoms with van der Waals surface area (Å²) in [4.78, 5) is 14.6. The lowest BCUT2D eigenvalue weighted by atomic mass is 10.2. The SMILES string of the molecule is Cc1cccc(F)c1NCc1csc(C(=O)O)n1. The van der Waals surface area contributed by atoms with Crippen molar-refractivity contribution >= 4 is 23.0 Å². The Hall–Kier alpha value is -1.95. The Morgan fingerprint density at radius 3 is 2.94 bits per heavy atom. The number of hydrogen-bond acceptors (Lipinski definition) is 4. The number of rotatable bonds is 4. The molecule has 18 heavy (non-hydrogen) atoms. The van der Waals surface area contributed by atoms with Gasteiger partial charge in [0.2, 0.25) is 5.01 Å². The van der Waals surface area contributed by atoms with Gasteiger partial charge >= 0.3 is 5.97 Å². The highest BCUT2D eigenvalue weighted by molar-refractivity contribution is 7.11. The summed E-state index contributed by atoms with van der Waals surface area (Å²) in [5, 5.41) is 13.3. The largest absolute Gasteiger partial charge is 0.476 e. The molecule has 0 unspecified atom stereocenters. The Morgan fingerprint density at radius 2 is 2.33 bits per heavy atom. The molecule has 0 bridgehead atoms. The Labute approximate surface area is 107 Å². The molecular formula is C12H11FN2O2S. The highest BCUT2D eigenvalue weighted by Gasteiger charge is 2.10. The van der Waals surface area contributed by atoms with E-state index in [-0.39, 0.29) is 10.8 Å². The molecule has 2 aromatic rings. The summed E-state index contributed by atoms with van der Waals surface area (Å²) in [5.41, 5.74) is 1.80. The number of nitrogens with zero attached hydrogens (tertiary/aromatic N) is 1. The number of halogens is 1. The second kappa shape index (κ2) is 5.14. The third kappa shape index (κ3) is 2.65. The Bertz CT molecular complexity index is 563. The van der Waals surface area contributed by atoms with Crippen LogP contribution in [-0.2, 0) is 6.54 Å². The van der Waals surface area contributed by atoms with Gasteiger partial charge in [-0.15, -0.1) is 11.3 Å². The van der Waals surface area contributed by atoms with Crippen molar-refractivity contribution in [2.45, 2.75) is 13.5 Å². The number of nitrogens with one attached hydrogen (secondary N) is 1. The van der Waals surface area contributed by atoms with Gasteiger partial charge in [-0.3, -0.25) is 0 Å². The van der Waals surface area contributed by atoms with Crippen molar-refractivity contribution in [2.75, 3.05) is 5.32 Å². The fourth-order valence-electron chi connectivity index (χ4n) is 1.52. The van der Waals surface area contributed by atoms with E-state index in [1.807, 2.05) is 0 Å². The fraction of sp³-hybridized carbons (Fsp3) is 0.167. The fourth-order valence-corrected chi connectivity index (χ4v) is 2.18. The predicted molar refractivity (Wildman–Crippen MR) is 67.5 cm³/mol. The number of aromatic nitrogens is 1. The first-order valence-electron chi connectivity index (χ1n) is 5.24. The van der Waals surface area contributed by atoms with Crippen LogP contribution in [0.5, 0.6) is 0 Å². The summed E-state index contributed by atoms with van der Waals surface area (Å²) >= 11 is 1.06. The number of aromatic carboxylic acids is 1. The van der Waals surface area contributed by atoms with Crippen LogP contribution < -0.4 is 5.32 Å². The molecule has 1 aromatic carbocycles. The summed E-state index contributed by atoms with van der Waals surface area (Å²) in [7, 11) is 0. The standard InChI is InChI=1S/C12H11FN2O2S/c1-7-3-2-4-9(13)10(7)14-5-8-6-18-11(15-8)12(16)17/h2-4,6,14H,5H2,1H3,(H,16,17). The molecule has 2 rings (SSSR count). The number of para-hydroxylation sites is 1. The lowest BCUT2D eigenvalue weighted by molar-refractivity contribution is 0.0696. The monoisotopic (exact) mass is 266 g/mol. The maximum atomic E-state index is 13.5. The average molecular weight is 266 g/mol. The molecule has 0 saturated heterocycles. The van der Waals surface area contributed by atoms with E-state index in [1.165, 1.54) is 6.07 Å². The minimum Gasteiger partial charge on any atom is -0.476 e. The van der Waals surface area contributed by atoms with E-state index in [2.05, 4.69) is 10.3 Å². The molecular weight excluding hydrogens is 255 g/mol. The van der Waals surface area contributed by atoms with Crippen LogP contribution in [0.25, 0.3) is 0 Å². The van der Waals surface area contributed by atoms with E-state index in [1.54, 1.807) is 24.4 Å². The van der Waals surface area contributed by atoms with Gasteiger partial charge < -0.3 is 10.4 Å². The first kappa shape index (κ1) is 12.5. The van der Waals surface area contributed by atoms with Crippen LogP contribution in [0.3, 0.4) is 0 Å². The van der Waals surface area contributed by atoms with Crippen LogP contribution >= 0.6 is 11.3 Å². The molecule has 1 aromatic heterocycles. The smallest absolute Gasteiger partial charge is 0.365 e. The second-order valence-electron chi connectivity index (χ2n) is 3.73. The summed E-state index contributed by atoms with van der Waals surface area (Å²) in [5.74, 6) is -1.38. The second-order valence-corrected chi connectivity index (χ2v) is 4.59. The first-order chi connectivity index (χ1) is 8.58. The molecule has 0 amide bonds. The number of benzene rings is 1. The maximum Gasteiger partial charge on any atom is 0.365 e. The maximum absolute atomic E-state index is 13.5. The first-order valence-corrected chi connectivity index (χ1v) is 6.12. The van der Waals surface area contributed by atoms with E-state index < -0.39 is 5.97 Å². The molecule has 0 aliphatic rings. The number of hydrogen-bond donors (Lipinski definition) is 2. The van der Waals surface area contributed by atoms with E-state index in [4.69, 9.17) is 5.11 Å². The highest BCUT2D eigenvalue weighted by Crippen LogP contribution is 2.20. The van der Waals surface area contributed by atoms with Crippen LogP contribution in [0.4, 0.5) is 10.1 Å². The molecule has 94 valence electrons. The van der Waals surface area contributed by atoms with Crippen LogP contribution in [0.1, 0.15) is 21.1 Å². The quantitative estimate of drug-likeness (QED) is 0.893. The van der Waals surface area contributed by atoms with Gasteiger partial charge in [0.15, 0.2) is 0 Å². The normalized spacial score (nSPS) is 10.3. The molecule has 1 heterocycles. The van der Waals surface area contributed by atoms with Crippen molar-refractivity contribution in [1.29, 1.82) is 0 Å². The zero-order chi connectivity index (χ0) is 13.1. The Morgan fingerprint density at radius 1 is 1.56 bits per heavy atom. The van der Waals surface area contributed by atoms with Crippen molar-refractivity contribution in [3.8, 4) is 0 Å². The van der Waals surface area contributed by atoms with Gasteiger partial charge in [-0.2, -0.15) is 0 Å². The van der Waals surface area contributed by atoms with Crippen molar-refractivity contribution in [3.63, 3.8) is 0 Å². The van der Waals surface area contributed by atoms with E-state index in [9.17, 15) is 9.18 Å². The highest BCUT2D eigenvalue weighted by atomic mass is 32.1. The lowest BCUT2D eigenvalue weighted by Gasteiger charge is -2.08. The minimum absolute atomic E-state index is 0.0389. The molecule has 0 atom stereocenters. The van der Waals surface area contributed by atoms with Crippen LogP contribution in [0.15, 0.2) is 23.6 Å². The number of anilines is 1. The molecule has 0 aliphatic carbocycles. The summed E-state index contributed by atoms with van der Waals surface area (Å²) < 4.78 is 13.5. The topological polar surface area (TPSA) is 62.2 Å². The minimum atomic E-state index is -1.05. The molecule has 6 heteroatoms. The molecule has 2 N–H and O–H groups in total. The van der Waals surface area contributed by atoms with Crippen molar-refractivity contribution < 1.29 is 14.3 Å². The number of carbonyl (C=O) groups is 1. The van der Waals surface area contributed by atoms with Gasteiger partial charge in [0.1, 0.15) is 5.82 Å². The van der Waals surface area contributed by atoms with Crippen LogP contribution in [0.2, 0.25) is 0 Å². The average Bonchev–Trinajstić information content (AvgIpc) is 2.77. The van der Waals surface area contributed by atoms with Gasteiger partial charge in [0.05, 0.1) is 17.9 Å². The molecule has 4 nitrogen and oxygen atoms in total. The van der Waals surface area contributed by atoms with Crippen LogP contribution in [0, 0.1) is 12.7 Å². The number of carboxylic acid groups (broad SMARTS) is 1. The summed E-state index contributed by atoms with van der Waals surface area (Å²) in [6.07, 6.45) is 0. The third-order valence-electron chi connectivity index (χ3n) is 2.40. The van der Waals surface area contributed by atoms with Crippen molar-refractivity contribution in [1.82, 2.24) is 4.98 Å². The Kier molecular flexibility index (Phi) is 3.57. The molecule has 0 saturated carbocycles. The molecule has 0 fully saturated rings. The van der Waals surface area contributed by atoms with Gasteiger partial charge in [-0.25, -0.2) is 14.2 Å². The van der Waals surface area contributed by atoms with Gasteiger partial charge in [0.25, 0.3) is 0 Å². The van der Waals surface area contributed by atoms with E-state index in [0.29, 0.717) is 17.9 Å². The van der Waals surface area contributed by atoms with Crippen LogP contribution in [-0.4, -0.2) is 16.1 Å². The third-order valence-corrected chi connectivity index (χ3v) is 3.28. The summed E-state index contributed by atoms with van der Waals surface area (Å²) in [6, 6.07) is 4.81. The van der Waals surface area contributed by atoms with Crippen molar-refractivity contribution in [3.05, 3.63) is 45.7 Å². The number of carboxylic acids is 1. The summed E-state index contributed by atoms with van der Waals surface area (Å²) in [6.45, 7) is 2.10. The van der Waals surface area contributed by atoms with Crippen molar-refractivity contribution in [2.24, 2.45) is 0 Å². The molecule has 0 aliphatic heterocycles. The molecule has 0 spiro atoms. The molecule has 0 radical (unpaired) electrons. The van der Waals surface area contributed by atoms with Gasteiger partial charge in [-0.05, 0) is 18.6 Å².